The van der Waals surface area contributed by atoms with E-state index in [9.17, 15) is 14.7 Å². The van der Waals surface area contributed by atoms with Gasteiger partial charge in [-0.3, -0.25) is 4.79 Å². The van der Waals surface area contributed by atoms with Gasteiger partial charge in [-0.15, -0.1) is 0 Å². The number of hydrogen-bond donors (Lipinski definition) is 2. The van der Waals surface area contributed by atoms with Crippen LogP contribution in [0, 0.1) is 0 Å². The van der Waals surface area contributed by atoms with Gasteiger partial charge in [0.2, 0.25) is 5.91 Å². The standard InChI is InChI=1S/C22H22N4O3/c23-17-8-6-15(7-9-17)10-21(27)26-13-18-19(11-20(26)22(28)29)25(14-24-18)12-16-4-2-1-3-5-16/h1-9,14,20H,10-13,23H2,(H,28,29)/t20-/m0/s1. The zero-order valence-electron chi connectivity index (χ0n) is 15.9. The molecule has 1 aromatic heterocycles. The van der Waals surface area contributed by atoms with E-state index in [1.807, 2.05) is 34.9 Å². The third-order valence-electron chi connectivity index (χ3n) is 5.25. The van der Waals surface area contributed by atoms with E-state index in [0.29, 0.717) is 12.2 Å². The van der Waals surface area contributed by atoms with Crippen LogP contribution >= 0.6 is 0 Å². The van der Waals surface area contributed by atoms with Gasteiger partial charge in [0, 0.05) is 24.3 Å². The van der Waals surface area contributed by atoms with Gasteiger partial charge in [-0.05, 0) is 23.3 Å². The van der Waals surface area contributed by atoms with Crippen LogP contribution in [0.5, 0.6) is 0 Å². The Kier molecular flexibility index (Phi) is 5.03. The minimum atomic E-state index is -1.01. The molecule has 1 aliphatic heterocycles. The molecule has 1 atom stereocenters. The molecule has 0 spiro atoms. The summed E-state index contributed by atoms with van der Waals surface area (Å²) >= 11 is 0. The first-order valence-corrected chi connectivity index (χ1v) is 9.45. The van der Waals surface area contributed by atoms with Gasteiger partial charge < -0.3 is 20.3 Å². The van der Waals surface area contributed by atoms with Crippen molar-refractivity contribution in [1.29, 1.82) is 0 Å². The quantitative estimate of drug-likeness (QED) is 0.650. The third kappa shape index (κ3) is 3.99. The minimum Gasteiger partial charge on any atom is -0.480 e. The third-order valence-corrected chi connectivity index (χ3v) is 5.25. The lowest BCUT2D eigenvalue weighted by Crippen LogP contribution is -2.49. The Morgan fingerprint density at radius 1 is 1.07 bits per heavy atom. The molecule has 0 radical (unpaired) electrons. The summed E-state index contributed by atoms with van der Waals surface area (Å²) in [7, 11) is 0. The number of nitrogens with two attached hydrogens (primary N) is 1. The number of rotatable bonds is 5. The number of fused-ring (bicyclic) bond motifs is 1. The molecule has 0 fully saturated rings. The van der Waals surface area contributed by atoms with Gasteiger partial charge in [0.15, 0.2) is 0 Å². The fourth-order valence-corrected chi connectivity index (χ4v) is 3.69. The average Bonchev–Trinajstić information content (AvgIpc) is 3.11. The number of carbonyl (C=O) groups excluding carboxylic acids is 1. The van der Waals surface area contributed by atoms with Crippen LogP contribution in [0.4, 0.5) is 5.69 Å². The maximum absolute atomic E-state index is 12.9. The number of aromatic nitrogens is 2. The highest BCUT2D eigenvalue weighted by Gasteiger charge is 2.36. The summed E-state index contributed by atoms with van der Waals surface area (Å²) in [5.74, 6) is -1.24. The van der Waals surface area contributed by atoms with Crippen LogP contribution < -0.4 is 5.73 Å². The number of carboxylic acids is 1. The second-order valence-electron chi connectivity index (χ2n) is 7.25. The Balaban J connectivity index is 1.56. The first kappa shape index (κ1) is 18.7. The Hall–Kier alpha value is -3.61. The summed E-state index contributed by atoms with van der Waals surface area (Å²) in [6.45, 7) is 0.816. The first-order chi connectivity index (χ1) is 14.0. The number of nitrogen functional groups attached to an aromatic ring is 1. The van der Waals surface area contributed by atoms with Crippen molar-refractivity contribution in [3.8, 4) is 0 Å². The van der Waals surface area contributed by atoms with Gasteiger partial charge in [-0.25, -0.2) is 9.78 Å². The number of carboxylic acid groups (broad SMARTS) is 1. The lowest BCUT2D eigenvalue weighted by Gasteiger charge is -2.33. The molecule has 3 aromatic rings. The summed E-state index contributed by atoms with van der Waals surface area (Å²) in [4.78, 5) is 30.7. The highest BCUT2D eigenvalue weighted by Crippen LogP contribution is 2.25. The Morgan fingerprint density at radius 2 is 1.79 bits per heavy atom. The number of nitrogens with zero attached hydrogens (tertiary/aromatic N) is 3. The van der Waals surface area contributed by atoms with Crippen molar-refractivity contribution in [2.75, 3.05) is 5.73 Å². The van der Waals surface area contributed by atoms with Crippen LogP contribution in [0.3, 0.4) is 0 Å². The highest BCUT2D eigenvalue weighted by molar-refractivity contribution is 5.85. The number of anilines is 1. The number of benzene rings is 2. The van der Waals surface area contributed by atoms with Crippen LogP contribution in [-0.4, -0.2) is 37.5 Å². The van der Waals surface area contributed by atoms with Crippen LogP contribution in [0.25, 0.3) is 0 Å². The molecule has 0 bridgehead atoms. The molecule has 4 rings (SSSR count). The molecule has 1 amide bonds. The summed E-state index contributed by atoms with van der Waals surface area (Å²) < 4.78 is 1.97. The van der Waals surface area contributed by atoms with E-state index in [1.165, 1.54) is 4.90 Å². The molecule has 0 saturated carbocycles. The number of imidazole rings is 1. The van der Waals surface area contributed by atoms with Crippen LogP contribution in [-0.2, 0) is 35.5 Å². The van der Waals surface area contributed by atoms with Crippen LogP contribution in [0.15, 0.2) is 60.9 Å². The normalized spacial score (nSPS) is 15.7. The second kappa shape index (κ2) is 7.79. The van der Waals surface area contributed by atoms with E-state index in [-0.39, 0.29) is 25.3 Å². The van der Waals surface area contributed by atoms with Gasteiger partial charge in [-0.2, -0.15) is 0 Å². The molecule has 148 valence electrons. The first-order valence-electron chi connectivity index (χ1n) is 9.45. The fourth-order valence-electron chi connectivity index (χ4n) is 3.69. The Morgan fingerprint density at radius 3 is 2.48 bits per heavy atom. The monoisotopic (exact) mass is 390 g/mol. The summed E-state index contributed by atoms with van der Waals surface area (Å²) in [5.41, 5.74) is 9.85. The number of aliphatic carboxylic acids is 1. The lowest BCUT2D eigenvalue weighted by molar-refractivity contribution is -0.151. The van der Waals surface area contributed by atoms with Gasteiger partial charge in [-0.1, -0.05) is 42.5 Å². The average molecular weight is 390 g/mol. The van der Waals surface area contributed by atoms with Crippen molar-refractivity contribution in [2.24, 2.45) is 0 Å². The molecule has 3 N–H and O–H groups in total. The van der Waals surface area contributed by atoms with Crippen LogP contribution in [0.1, 0.15) is 22.5 Å². The van der Waals surface area contributed by atoms with Gasteiger partial charge in [0.25, 0.3) is 0 Å². The molecule has 29 heavy (non-hydrogen) atoms. The maximum atomic E-state index is 12.9. The molecule has 2 heterocycles. The minimum absolute atomic E-state index is 0.129. The van der Waals surface area contributed by atoms with E-state index >= 15 is 0 Å². The van der Waals surface area contributed by atoms with Crippen molar-refractivity contribution in [3.05, 3.63) is 83.4 Å². The molecule has 2 aromatic carbocycles. The summed E-state index contributed by atoms with van der Waals surface area (Å²) in [5, 5.41) is 9.76. The largest absolute Gasteiger partial charge is 0.480 e. The van der Waals surface area contributed by atoms with E-state index in [0.717, 1.165) is 22.5 Å². The van der Waals surface area contributed by atoms with Gasteiger partial charge in [0.1, 0.15) is 6.04 Å². The van der Waals surface area contributed by atoms with Crippen molar-refractivity contribution in [1.82, 2.24) is 14.5 Å². The number of amides is 1. The Bertz CT molecular complexity index is 1030. The van der Waals surface area contributed by atoms with E-state index < -0.39 is 12.0 Å². The zero-order valence-corrected chi connectivity index (χ0v) is 15.9. The van der Waals surface area contributed by atoms with Gasteiger partial charge >= 0.3 is 5.97 Å². The Labute approximate surface area is 168 Å². The highest BCUT2D eigenvalue weighted by atomic mass is 16.4. The lowest BCUT2D eigenvalue weighted by atomic mass is 10.0. The molecule has 1 aliphatic rings. The molecular weight excluding hydrogens is 368 g/mol. The van der Waals surface area contributed by atoms with Crippen molar-refractivity contribution >= 4 is 17.6 Å². The molecular formula is C22H22N4O3. The van der Waals surface area contributed by atoms with Crippen molar-refractivity contribution < 1.29 is 14.7 Å². The smallest absolute Gasteiger partial charge is 0.326 e. The van der Waals surface area contributed by atoms with Crippen molar-refractivity contribution in [3.63, 3.8) is 0 Å². The molecule has 0 unspecified atom stereocenters. The van der Waals surface area contributed by atoms with E-state index in [1.54, 1.807) is 30.6 Å². The summed E-state index contributed by atoms with van der Waals surface area (Å²) in [6.07, 6.45) is 2.10. The maximum Gasteiger partial charge on any atom is 0.326 e. The van der Waals surface area contributed by atoms with Crippen LogP contribution in [0.2, 0.25) is 0 Å². The summed E-state index contributed by atoms with van der Waals surface area (Å²) in [6, 6.07) is 16.1. The molecule has 7 heteroatoms. The molecule has 0 saturated heterocycles. The molecule has 7 nitrogen and oxygen atoms in total. The van der Waals surface area contributed by atoms with E-state index in [2.05, 4.69) is 4.98 Å². The van der Waals surface area contributed by atoms with Crippen molar-refractivity contribution in [2.45, 2.75) is 32.0 Å². The molecule has 0 aliphatic carbocycles. The zero-order chi connectivity index (χ0) is 20.4. The topological polar surface area (TPSA) is 101 Å². The van der Waals surface area contributed by atoms with Gasteiger partial charge in [0.05, 0.1) is 25.0 Å². The van der Waals surface area contributed by atoms with E-state index in [4.69, 9.17) is 5.73 Å². The predicted molar refractivity (Wildman–Crippen MR) is 108 cm³/mol. The second-order valence-corrected chi connectivity index (χ2v) is 7.25. The predicted octanol–water partition coefficient (Wildman–Crippen LogP) is 2.09. The SMILES string of the molecule is Nc1ccc(CC(=O)N2Cc3ncn(Cc4ccccc4)c3C[C@H]2C(=O)O)cc1. The number of hydrogen-bond acceptors (Lipinski definition) is 4. The number of carbonyl (C=O) groups is 2. The fraction of sp³-hybridized carbons (Fsp3) is 0.227.